The second-order valence-corrected chi connectivity index (χ2v) is 8.12. The number of para-hydroxylation sites is 2. The fraction of sp³-hybridized carbons (Fsp3) is 0.217. The molecule has 0 aliphatic carbocycles. The van der Waals surface area contributed by atoms with Crippen molar-refractivity contribution in [1.29, 1.82) is 0 Å². The Bertz CT molecular complexity index is 1140. The summed E-state index contributed by atoms with van der Waals surface area (Å²) in [4.78, 5) is 7.51. The summed E-state index contributed by atoms with van der Waals surface area (Å²) in [6.45, 7) is 9.23. The van der Waals surface area contributed by atoms with Crippen LogP contribution in [0, 0.1) is 13.8 Å². The Morgan fingerprint density at radius 1 is 0.750 bits per heavy atom. The summed E-state index contributed by atoms with van der Waals surface area (Å²) in [5, 5.41) is 3.66. The first-order chi connectivity index (χ1) is 13.6. The van der Waals surface area contributed by atoms with Crippen LogP contribution in [-0.4, -0.2) is 13.1 Å². The first-order valence-electron chi connectivity index (χ1n) is 10.0. The molecule has 4 nitrogen and oxygen atoms in total. The van der Waals surface area contributed by atoms with Crippen molar-refractivity contribution < 1.29 is 0 Å². The van der Waals surface area contributed by atoms with Crippen LogP contribution in [0.2, 0.25) is 6.82 Å². The number of hydrogen-bond acceptors (Lipinski definition) is 4. The van der Waals surface area contributed by atoms with Crippen LogP contribution in [0.1, 0.15) is 18.1 Å². The molecule has 3 aliphatic heterocycles. The van der Waals surface area contributed by atoms with Crippen LogP contribution in [0.25, 0.3) is 0 Å². The standard InChI is InChI=1S/C23H23BN4/c1-14-8-5-6-9-18(14)26-16(3)27-21-15(2)12-13-17-22(21)28(24(4)25-17)20-11-7-10-19(26)23(20)27/h5-13,16,25H,1-4H3/t16-/m1/s1. The van der Waals surface area contributed by atoms with E-state index in [1.165, 1.54) is 50.9 Å². The number of aryl methyl sites for hydroxylation is 2. The lowest BCUT2D eigenvalue weighted by Gasteiger charge is -2.39. The normalized spacial score (nSPS) is 18.4. The molecule has 0 fully saturated rings. The molecule has 0 unspecified atom stereocenters. The average Bonchev–Trinajstić information content (AvgIpc) is 3.17. The number of nitrogens with one attached hydrogen (secondary N) is 1. The van der Waals surface area contributed by atoms with E-state index < -0.39 is 0 Å². The minimum atomic E-state index is 0.209. The van der Waals surface area contributed by atoms with Crippen molar-refractivity contribution in [3.05, 3.63) is 65.7 Å². The van der Waals surface area contributed by atoms with E-state index in [0.717, 1.165) is 0 Å². The van der Waals surface area contributed by atoms with Crippen LogP contribution in [-0.2, 0) is 0 Å². The zero-order chi connectivity index (χ0) is 19.2. The van der Waals surface area contributed by atoms with E-state index in [1.807, 2.05) is 0 Å². The molecule has 0 amide bonds. The lowest BCUT2D eigenvalue weighted by molar-refractivity contribution is 0.756. The average molecular weight is 366 g/mol. The zero-order valence-corrected chi connectivity index (χ0v) is 16.7. The van der Waals surface area contributed by atoms with Crippen LogP contribution < -0.4 is 19.8 Å². The van der Waals surface area contributed by atoms with Crippen molar-refractivity contribution in [2.24, 2.45) is 0 Å². The fourth-order valence-electron chi connectivity index (χ4n) is 5.28. The van der Waals surface area contributed by atoms with Crippen LogP contribution >= 0.6 is 0 Å². The van der Waals surface area contributed by atoms with Gasteiger partial charge in [-0.15, -0.1) is 0 Å². The molecule has 3 aromatic carbocycles. The fourth-order valence-corrected chi connectivity index (χ4v) is 5.28. The monoisotopic (exact) mass is 366 g/mol. The van der Waals surface area contributed by atoms with E-state index in [1.54, 1.807) is 0 Å². The molecule has 1 atom stereocenters. The van der Waals surface area contributed by atoms with E-state index in [0.29, 0.717) is 0 Å². The first-order valence-corrected chi connectivity index (χ1v) is 10.0. The number of rotatable bonds is 1. The number of nitrogens with zero attached hydrogens (tertiary/aromatic N) is 3. The molecule has 3 aromatic rings. The molecule has 0 radical (unpaired) electrons. The maximum Gasteiger partial charge on any atom is 0.374 e. The molecule has 0 saturated carbocycles. The highest BCUT2D eigenvalue weighted by atomic mass is 15.5. The Balaban J connectivity index is 1.67. The zero-order valence-electron chi connectivity index (χ0n) is 16.7. The van der Waals surface area contributed by atoms with Gasteiger partial charge in [-0.05, 0) is 63.0 Å². The molecule has 3 heterocycles. The van der Waals surface area contributed by atoms with E-state index in [-0.39, 0.29) is 13.1 Å². The maximum absolute atomic E-state index is 3.66. The van der Waals surface area contributed by atoms with Gasteiger partial charge >= 0.3 is 6.98 Å². The topological polar surface area (TPSA) is 21.8 Å². The number of anilines is 7. The Morgan fingerprint density at radius 2 is 1.50 bits per heavy atom. The largest absolute Gasteiger partial charge is 0.408 e. The Kier molecular flexibility index (Phi) is 2.99. The summed E-state index contributed by atoms with van der Waals surface area (Å²) in [6, 6.07) is 19.9. The van der Waals surface area contributed by atoms with E-state index in [4.69, 9.17) is 0 Å². The van der Waals surface area contributed by atoms with Gasteiger partial charge < -0.3 is 19.8 Å². The van der Waals surface area contributed by atoms with Crippen LogP contribution in [0.4, 0.5) is 39.8 Å². The lowest BCUT2D eigenvalue weighted by atomic mass is 9.78. The van der Waals surface area contributed by atoms with Gasteiger partial charge in [0.2, 0.25) is 0 Å². The van der Waals surface area contributed by atoms with Crippen molar-refractivity contribution in [2.75, 3.05) is 19.8 Å². The summed E-state index contributed by atoms with van der Waals surface area (Å²) < 4.78 is 0. The van der Waals surface area contributed by atoms with Crippen molar-refractivity contribution in [3.8, 4) is 0 Å². The highest BCUT2D eigenvalue weighted by Crippen LogP contribution is 2.62. The Labute approximate surface area is 166 Å². The van der Waals surface area contributed by atoms with Crippen LogP contribution in [0.15, 0.2) is 54.6 Å². The maximum atomic E-state index is 3.66. The minimum absolute atomic E-state index is 0.209. The van der Waals surface area contributed by atoms with Crippen molar-refractivity contribution in [2.45, 2.75) is 33.8 Å². The summed E-state index contributed by atoms with van der Waals surface area (Å²) in [5.74, 6) is 0. The third-order valence-electron chi connectivity index (χ3n) is 6.46. The summed E-state index contributed by atoms with van der Waals surface area (Å²) in [7, 11) is 0. The molecule has 1 N–H and O–H groups in total. The van der Waals surface area contributed by atoms with Crippen LogP contribution in [0.5, 0.6) is 0 Å². The molecule has 28 heavy (non-hydrogen) atoms. The quantitative estimate of drug-likeness (QED) is 0.539. The van der Waals surface area contributed by atoms with E-state index in [9.17, 15) is 0 Å². The van der Waals surface area contributed by atoms with Crippen molar-refractivity contribution in [1.82, 2.24) is 0 Å². The van der Waals surface area contributed by atoms with Gasteiger partial charge in [0.05, 0.1) is 28.4 Å². The lowest BCUT2D eigenvalue weighted by Crippen LogP contribution is -2.40. The first kappa shape index (κ1) is 15.9. The molecule has 6 rings (SSSR count). The SMILES string of the molecule is CB1Nc2ccc(C)c3c2N1c1cccc2c1N3[C@H](C)N2c1ccccc1C. The molecule has 138 valence electrons. The van der Waals surface area contributed by atoms with Gasteiger partial charge in [0.15, 0.2) is 0 Å². The summed E-state index contributed by atoms with van der Waals surface area (Å²) in [5.41, 5.74) is 11.7. The predicted octanol–water partition coefficient (Wildman–Crippen LogP) is 5.93. The second-order valence-electron chi connectivity index (χ2n) is 8.12. The number of hydrogen-bond donors (Lipinski definition) is 1. The smallest absolute Gasteiger partial charge is 0.374 e. The molecule has 0 spiro atoms. The van der Waals surface area contributed by atoms with Gasteiger partial charge in [-0.2, -0.15) is 0 Å². The molecule has 3 aliphatic rings. The van der Waals surface area contributed by atoms with Crippen molar-refractivity contribution >= 4 is 46.8 Å². The summed E-state index contributed by atoms with van der Waals surface area (Å²) in [6.07, 6.45) is 0.209. The second kappa shape index (κ2) is 5.25. The van der Waals surface area contributed by atoms with E-state index in [2.05, 4.69) is 102 Å². The Hall–Kier alpha value is -3.08. The van der Waals surface area contributed by atoms with E-state index >= 15 is 0 Å². The molecule has 0 aromatic heterocycles. The molecule has 0 bridgehead atoms. The van der Waals surface area contributed by atoms with Crippen LogP contribution in [0.3, 0.4) is 0 Å². The third kappa shape index (κ3) is 1.77. The highest BCUT2D eigenvalue weighted by Gasteiger charge is 2.47. The third-order valence-corrected chi connectivity index (χ3v) is 6.46. The van der Waals surface area contributed by atoms with Crippen molar-refractivity contribution in [3.63, 3.8) is 0 Å². The van der Waals surface area contributed by atoms with Gasteiger partial charge in [-0.1, -0.05) is 30.3 Å². The number of benzene rings is 3. The van der Waals surface area contributed by atoms with Gasteiger partial charge in [0.1, 0.15) is 6.17 Å². The number of fused-ring (bicyclic) bond motifs is 2. The Morgan fingerprint density at radius 3 is 2.32 bits per heavy atom. The molecule has 5 heteroatoms. The van der Waals surface area contributed by atoms with Gasteiger partial charge in [-0.25, -0.2) is 0 Å². The molecular weight excluding hydrogens is 343 g/mol. The van der Waals surface area contributed by atoms with Gasteiger partial charge in [0, 0.05) is 11.4 Å². The summed E-state index contributed by atoms with van der Waals surface area (Å²) >= 11 is 0. The molecule has 0 saturated heterocycles. The predicted molar refractivity (Wildman–Crippen MR) is 120 cm³/mol. The van der Waals surface area contributed by atoms with Gasteiger partial charge in [0.25, 0.3) is 0 Å². The highest BCUT2D eigenvalue weighted by molar-refractivity contribution is 6.70. The minimum Gasteiger partial charge on any atom is -0.408 e. The van der Waals surface area contributed by atoms with Gasteiger partial charge in [-0.3, -0.25) is 0 Å². The molecular formula is C23H23BN4.